The zero-order valence-corrected chi connectivity index (χ0v) is 17.2. The summed E-state index contributed by atoms with van der Waals surface area (Å²) in [5.41, 5.74) is 3.21. The molecule has 2 heterocycles. The number of likely N-dealkylation sites (tertiary alicyclic amines) is 1. The molecule has 6 nitrogen and oxygen atoms in total. The highest BCUT2D eigenvalue weighted by atomic mass is 16.5. The van der Waals surface area contributed by atoms with Crippen LogP contribution < -0.4 is 14.8 Å². The zero-order valence-electron chi connectivity index (χ0n) is 17.2. The van der Waals surface area contributed by atoms with Crippen molar-refractivity contribution in [1.29, 1.82) is 0 Å². The first-order valence-electron chi connectivity index (χ1n) is 10.7. The second-order valence-corrected chi connectivity index (χ2v) is 7.85. The molecule has 0 spiro atoms. The minimum Gasteiger partial charge on any atom is -0.490 e. The van der Waals surface area contributed by atoms with Crippen molar-refractivity contribution in [2.75, 3.05) is 19.8 Å². The van der Waals surface area contributed by atoms with Crippen LogP contribution in [0.15, 0.2) is 42.5 Å². The number of hydrogen-bond acceptors (Lipinski definition) is 4. The predicted octanol–water partition coefficient (Wildman–Crippen LogP) is 3.22. The van der Waals surface area contributed by atoms with Crippen molar-refractivity contribution in [1.82, 2.24) is 10.2 Å². The molecule has 2 amide bonds. The van der Waals surface area contributed by atoms with Crippen molar-refractivity contribution in [2.45, 2.75) is 45.2 Å². The first-order chi connectivity index (χ1) is 14.7. The molecule has 1 N–H and O–H groups in total. The highest BCUT2D eigenvalue weighted by Gasteiger charge is 2.20. The Morgan fingerprint density at radius 2 is 1.80 bits per heavy atom. The lowest BCUT2D eigenvalue weighted by Crippen LogP contribution is -2.24. The van der Waals surface area contributed by atoms with Gasteiger partial charge in [-0.25, -0.2) is 0 Å². The average molecular weight is 408 g/mol. The van der Waals surface area contributed by atoms with Crippen molar-refractivity contribution in [3.8, 4) is 11.5 Å². The van der Waals surface area contributed by atoms with Crippen LogP contribution in [0.1, 0.15) is 42.4 Å². The van der Waals surface area contributed by atoms with Gasteiger partial charge in [0.05, 0.1) is 13.2 Å². The Balaban J connectivity index is 1.25. The van der Waals surface area contributed by atoms with E-state index < -0.39 is 0 Å². The van der Waals surface area contributed by atoms with Gasteiger partial charge in [-0.15, -0.1) is 0 Å². The molecule has 30 heavy (non-hydrogen) atoms. The van der Waals surface area contributed by atoms with Gasteiger partial charge >= 0.3 is 0 Å². The molecule has 0 radical (unpaired) electrons. The van der Waals surface area contributed by atoms with Crippen LogP contribution in [0.3, 0.4) is 0 Å². The molecule has 0 aromatic heterocycles. The van der Waals surface area contributed by atoms with Gasteiger partial charge < -0.3 is 19.7 Å². The van der Waals surface area contributed by atoms with E-state index in [0.717, 1.165) is 47.6 Å². The van der Waals surface area contributed by atoms with Crippen LogP contribution in [-0.2, 0) is 29.1 Å². The number of hydrogen-bond donors (Lipinski definition) is 1. The van der Waals surface area contributed by atoms with Gasteiger partial charge in [0.2, 0.25) is 11.8 Å². The summed E-state index contributed by atoms with van der Waals surface area (Å²) >= 11 is 0. The Hall–Kier alpha value is -3.02. The molecular weight excluding hydrogens is 380 g/mol. The lowest BCUT2D eigenvalue weighted by Gasteiger charge is -2.16. The molecule has 0 bridgehead atoms. The van der Waals surface area contributed by atoms with Crippen molar-refractivity contribution in [3.05, 3.63) is 59.2 Å². The Labute approximate surface area is 177 Å². The highest BCUT2D eigenvalue weighted by molar-refractivity contribution is 5.78. The van der Waals surface area contributed by atoms with Gasteiger partial charge in [0.1, 0.15) is 0 Å². The van der Waals surface area contributed by atoms with Crippen LogP contribution in [0.4, 0.5) is 0 Å². The van der Waals surface area contributed by atoms with E-state index in [2.05, 4.69) is 11.4 Å². The topological polar surface area (TPSA) is 67.9 Å². The van der Waals surface area contributed by atoms with E-state index in [9.17, 15) is 9.59 Å². The normalized spacial score (nSPS) is 15.7. The second-order valence-electron chi connectivity index (χ2n) is 7.85. The van der Waals surface area contributed by atoms with E-state index in [4.69, 9.17) is 9.47 Å². The van der Waals surface area contributed by atoms with Gasteiger partial charge in [-0.05, 0) is 41.7 Å². The van der Waals surface area contributed by atoms with Crippen LogP contribution in [0.5, 0.6) is 11.5 Å². The largest absolute Gasteiger partial charge is 0.490 e. The fourth-order valence-electron chi connectivity index (χ4n) is 3.84. The van der Waals surface area contributed by atoms with E-state index in [1.54, 1.807) is 0 Å². The second kappa shape index (κ2) is 9.65. The number of carbonyl (C=O) groups excluding carboxylic acids is 2. The summed E-state index contributed by atoms with van der Waals surface area (Å²) in [6, 6.07) is 14.0. The molecule has 0 unspecified atom stereocenters. The summed E-state index contributed by atoms with van der Waals surface area (Å²) in [6.45, 7) is 3.29. The molecule has 2 aromatic carbocycles. The molecule has 0 atom stereocenters. The van der Waals surface area contributed by atoms with Crippen LogP contribution in [0, 0.1) is 0 Å². The van der Waals surface area contributed by atoms with Gasteiger partial charge in [0.15, 0.2) is 11.5 Å². The Morgan fingerprint density at radius 3 is 2.63 bits per heavy atom. The Kier molecular flexibility index (Phi) is 6.52. The van der Waals surface area contributed by atoms with Gasteiger partial charge in [0, 0.05) is 38.9 Å². The Morgan fingerprint density at radius 1 is 0.967 bits per heavy atom. The number of nitrogens with zero attached hydrogens (tertiary/aromatic N) is 1. The predicted molar refractivity (Wildman–Crippen MR) is 113 cm³/mol. The molecule has 1 fully saturated rings. The van der Waals surface area contributed by atoms with E-state index in [1.807, 2.05) is 41.3 Å². The molecule has 0 saturated carbocycles. The van der Waals surface area contributed by atoms with Crippen molar-refractivity contribution < 1.29 is 19.1 Å². The monoisotopic (exact) mass is 408 g/mol. The number of benzene rings is 2. The van der Waals surface area contributed by atoms with Crippen LogP contribution in [0.2, 0.25) is 0 Å². The number of fused-ring (bicyclic) bond motifs is 1. The van der Waals surface area contributed by atoms with Crippen molar-refractivity contribution in [3.63, 3.8) is 0 Å². The SMILES string of the molecule is O=C(CCc1ccc2c(c1)OCCCO2)NCc1cccc(CN2CCCC2=O)c1. The maximum atomic E-state index is 12.3. The molecule has 2 aliphatic heterocycles. The summed E-state index contributed by atoms with van der Waals surface area (Å²) in [5.74, 6) is 1.78. The van der Waals surface area contributed by atoms with E-state index in [-0.39, 0.29) is 11.8 Å². The highest BCUT2D eigenvalue weighted by Crippen LogP contribution is 2.30. The van der Waals surface area contributed by atoms with Crippen LogP contribution in [-0.4, -0.2) is 36.5 Å². The minimum absolute atomic E-state index is 0.0160. The third kappa shape index (κ3) is 5.32. The number of amides is 2. The lowest BCUT2D eigenvalue weighted by molar-refractivity contribution is -0.128. The van der Waals surface area contributed by atoms with Gasteiger partial charge in [-0.2, -0.15) is 0 Å². The minimum atomic E-state index is 0.0160. The van der Waals surface area contributed by atoms with Crippen molar-refractivity contribution >= 4 is 11.8 Å². The standard InChI is InChI=1S/C24H28N2O4/c27-23(10-8-18-7-9-21-22(15-18)30-13-3-12-29-21)25-16-19-4-1-5-20(14-19)17-26-11-2-6-24(26)28/h1,4-5,7,9,14-15H,2-3,6,8,10-13,16-17H2,(H,25,27). The lowest BCUT2D eigenvalue weighted by atomic mass is 10.1. The summed E-state index contributed by atoms with van der Waals surface area (Å²) < 4.78 is 11.4. The van der Waals surface area contributed by atoms with Gasteiger partial charge in [0.25, 0.3) is 0 Å². The molecule has 2 aliphatic rings. The molecule has 4 rings (SSSR count). The number of aryl methyl sites for hydroxylation is 1. The first kappa shape index (κ1) is 20.3. The Bertz CT molecular complexity index is 912. The number of ether oxygens (including phenoxy) is 2. The van der Waals surface area contributed by atoms with Gasteiger partial charge in [-0.1, -0.05) is 30.3 Å². The summed E-state index contributed by atoms with van der Waals surface area (Å²) in [5, 5.41) is 3.00. The quantitative estimate of drug-likeness (QED) is 0.764. The summed E-state index contributed by atoms with van der Waals surface area (Å²) in [7, 11) is 0. The summed E-state index contributed by atoms with van der Waals surface area (Å²) in [4.78, 5) is 26.0. The maximum Gasteiger partial charge on any atom is 0.222 e. The van der Waals surface area contributed by atoms with Crippen LogP contribution >= 0.6 is 0 Å². The van der Waals surface area contributed by atoms with E-state index >= 15 is 0 Å². The molecule has 0 aliphatic carbocycles. The molecule has 158 valence electrons. The molecule has 1 saturated heterocycles. The fraction of sp³-hybridized carbons (Fsp3) is 0.417. The van der Waals surface area contributed by atoms with E-state index in [1.165, 1.54) is 0 Å². The van der Waals surface area contributed by atoms with E-state index in [0.29, 0.717) is 45.6 Å². The molecule has 6 heteroatoms. The maximum absolute atomic E-state index is 12.3. The third-order valence-corrected chi connectivity index (χ3v) is 5.48. The number of nitrogens with one attached hydrogen (secondary N) is 1. The first-order valence-corrected chi connectivity index (χ1v) is 10.7. The average Bonchev–Trinajstić information content (AvgIpc) is 3.01. The number of rotatable bonds is 7. The van der Waals surface area contributed by atoms with Gasteiger partial charge in [-0.3, -0.25) is 9.59 Å². The molecular formula is C24H28N2O4. The molecule has 2 aromatic rings. The third-order valence-electron chi connectivity index (χ3n) is 5.48. The summed E-state index contributed by atoms with van der Waals surface area (Å²) in [6.07, 6.45) is 3.54. The zero-order chi connectivity index (χ0) is 20.8. The van der Waals surface area contributed by atoms with Crippen LogP contribution in [0.25, 0.3) is 0 Å². The van der Waals surface area contributed by atoms with Crippen molar-refractivity contribution in [2.24, 2.45) is 0 Å². The smallest absolute Gasteiger partial charge is 0.222 e. The number of carbonyl (C=O) groups is 2. The fourth-order valence-corrected chi connectivity index (χ4v) is 3.84.